The van der Waals surface area contributed by atoms with Gasteiger partial charge < -0.3 is 15.4 Å². The van der Waals surface area contributed by atoms with E-state index < -0.39 is 12.0 Å². The Bertz CT molecular complexity index is 760. The lowest BCUT2D eigenvalue weighted by molar-refractivity contribution is -0.143. The lowest BCUT2D eigenvalue weighted by atomic mass is 10.0. The maximum absolute atomic E-state index is 11.8. The van der Waals surface area contributed by atoms with Gasteiger partial charge in [-0.25, -0.2) is 0 Å². The number of aromatic nitrogens is 1. The summed E-state index contributed by atoms with van der Waals surface area (Å²) < 4.78 is 0. The van der Waals surface area contributed by atoms with E-state index >= 15 is 0 Å². The molecule has 2 aromatic rings. The van der Waals surface area contributed by atoms with Crippen LogP contribution in [0.5, 0.6) is 0 Å². The van der Waals surface area contributed by atoms with Gasteiger partial charge in [0.1, 0.15) is 6.04 Å². The van der Waals surface area contributed by atoms with Gasteiger partial charge in [-0.3, -0.25) is 14.5 Å². The van der Waals surface area contributed by atoms with Crippen LogP contribution in [0.1, 0.15) is 38.3 Å². The highest BCUT2D eigenvalue weighted by molar-refractivity contribution is 5.96. The molecule has 1 aromatic heterocycles. The molecule has 3 rings (SSSR count). The van der Waals surface area contributed by atoms with Crippen molar-refractivity contribution in [2.24, 2.45) is 5.92 Å². The number of nitrogens with zero attached hydrogens (tertiary/aromatic N) is 1. The molecule has 1 aliphatic heterocycles. The standard InChI is InChI=1S/C18H23N3O3/c1-11(2)17(22)20-12-5-6-13-14(10-19-15(13)9-12)16(18(23)24)21-7-3-4-8-21/h5-6,9-11,16,19H,3-4,7-8H2,1-2H3,(H,20,22)(H,23,24)/t16-/m1/s1. The van der Waals surface area contributed by atoms with Crippen molar-refractivity contribution < 1.29 is 14.7 Å². The van der Waals surface area contributed by atoms with Crippen LogP contribution in [-0.4, -0.2) is 40.0 Å². The smallest absolute Gasteiger partial charge is 0.325 e. The van der Waals surface area contributed by atoms with Crippen LogP contribution in [0.2, 0.25) is 0 Å². The predicted octanol–water partition coefficient (Wildman–Crippen LogP) is 2.98. The summed E-state index contributed by atoms with van der Waals surface area (Å²) >= 11 is 0. The van der Waals surface area contributed by atoms with Gasteiger partial charge in [-0.1, -0.05) is 19.9 Å². The first kappa shape index (κ1) is 16.5. The molecule has 0 aliphatic carbocycles. The zero-order valence-corrected chi connectivity index (χ0v) is 14.0. The first-order valence-corrected chi connectivity index (χ1v) is 8.36. The first-order valence-electron chi connectivity index (χ1n) is 8.36. The zero-order valence-electron chi connectivity index (χ0n) is 14.0. The number of carbonyl (C=O) groups is 2. The summed E-state index contributed by atoms with van der Waals surface area (Å²) in [6.45, 7) is 5.31. The molecule has 6 heteroatoms. The lowest BCUT2D eigenvalue weighted by Crippen LogP contribution is -2.31. The number of likely N-dealkylation sites (tertiary alicyclic amines) is 1. The summed E-state index contributed by atoms with van der Waals surface area (Å²) in [6.07, 6.45) is 3.85. The van der Waals surface area contributed by atoms with Crippen LogP contribution in [-0.2, 0) is 9.59 Å². The third-order valence-corrected chi connectivity index (χ3v) is 4.54. The third kappa shape index (κ3) is 3.14. The molecule has 128 valence electrons. The number of fused-ring (bicyclic) bond motifs is 1. The van der Waals surface area contributed by atoms with Gasteiger partial charge in [0.15, 0.2) is 0 Å². The second-order valence-corrected chi connectivity index (χ2v) is 6.63. The van der Waals surface area contributed by atoms with Crippen LogP contribution in [0, 0.1) is 5.92 Å². The molecule has 6 nitrogen and oxygen atoms in total. The summed E-state index contributed by atoms with van der Waals surface area (Å²) in [6, 6.07) is 4.92. The Morgan fingerprint density at radius 1 is 1.25 bits per heavy atom. The van der Waals surface area contributed by atoms with Gasteiger partial charge >= 0.3 is 5.97 Å². The van der Waals surface area contributed by atoms with Crippen molar-refractivity contribution in [1.82, 2.24) is 9.88 Å². The van der Waals surface area contributed by atoms with Crippen LogP contribution in [0.15, 0.2) is 24.4 Å². The minimum absolute atomic E-state index is 0.0402. The average molecular weight is 329 g/mol. The number of anilines is 1. The quantitative estimate of drug-likeness (QED) is 0.787. The minimum atomic E-state index is -0.824. The molecule has 1 amide bonds. The highest BCUT2D eigenvalue weighted by Gasteiger charge is 2.31. The molecule has 0 saturated carbocycles. The zero-order chi connectivity index (χ0) is 17.3. The molecule has 1 fully saturated rings. The Hall–Kier alpha value is -2.34. The van der Waals surface area contributed by atoms with E-state index in [-0.39, 0.29) is 11.8 Å². The molecule has 0 bridgehead atoms. The van der Waals surface area contributed by atoms with Crippen molar-refractivity contribution >= 4 is 28.5 Å². The maximum Gasteiger partial charge on any atom is 0.325 e. The lowest BCUT2D eigenvalue weighted by Gasteiger charge is -2.23. The van der Waals surface area contributed by atoms with Gasteiger partial charge in [0.2, 0.25) is 5.91 Å². The summed E-state index contributed by atoms with van der Waals surface area (Å²) in [5.74, 6) is -0.956. The van der Waals surface area contributed by atoms with E-state index in [1.807, 2.05) is 36.9 Å². The van der Waals surface area contributed by atoms with Gasteiger partial charge in [-0.15, -0.1) is 0 Å². The Morgan fingerprint density at radius 2 is 1.96 bits per heavy atom. The van der Waals surface area contributed by atoms with Crippen molar-refractivity contribution in [1.29, 1.82) is 0 Å². The monoisotopic (exact) mass is 329 g/mol. The van der Waals surface area contributed by atoms with Crippen LogP contribution >= 0.6 is 0 Å². The maximum atomic E-state index is 11.8. The fourth-order valence-electron chi connectivity index (χ4n) is 3.22. The molecular formula is C18H23N3O3. The van der Waals surface area contributed by atoms with E-state index in [0.29, 0.717) is 5.69 Å². The van der Waals surface area contributed by atoms with E-state index in [1.54, 1.807) is 6.20 Å². The number of hydrogen-bond donors (Lipinski definition) is 3. The molecule has 1 aromatic carbocycles. The Morgan fingerprint density at radius 3 is 2.58 bits per heavy atom. The summed E-state index contributed by atoms with van der Waals surface area (Å²) in [7, 11) is 0. The first-order chi connectivity index (χ1) is 11.5. The molecule has 3 N–H and O–H groups in total. The molecule has 0 unspecified atom stereocenters. The number of carboxylic acids is 1. The summed E-state index contributed by atoms with van der Waals surface area (Å²) in [4.78, 5) is 28.8. The number of aromatic amines is 1. The number of rotatable bonds is 5. The molecule has 2 heterocycles. The minimum Gasteiger partial charge on any atom is -0.480 e. The van der Waals surface area contributed by atoms with Crippen molar-refractivity contribution in [3.63, 3.8) is 0 Å². The van der Waals surface area contributed by atoms with Gasteiger partial charge in [-0.05, 0) is 38.1 Å². The van der Waals surface area contributed by atoms with Crippen LogP contribution in [0.25, 0.3) is 10.9 Å². The summed E-state index contributed by atoms with van der Waals surface area (Å²) in [5, 5.41) is 13.4. The van der Waals surface area contributed by atoms with Gasteiger partial charge in [0.25, 0.3) is 0 Å². The fourth-order valence-corrected chi connectivity index (χ4v) is 3.22. The predicted molar refractivity (Wildman–Crippen MR) is 93.0 cm³/mol. The van der Waals surface area contributed by atoms with Gasteiger partial charge in [0.05, 0.1) is 0 Å². The van der Waals surface area contributed by atoms with Gasteiger partial charge in [-0.2, -0.15) is 0 Å². The van der Waals surface area contributed by atoms with Crippen molar-refractivity contribution in [3.8, 4) is 0 Å². The number of benzene rings is 1. The highest BCUT2D eigenvalue weighted by Crippen LogP contribution is 2.32. The SMILES string of the molecule is CC(C)C(=O)Nc1ccc2c([C@H](C(=O)O)N3CCCC3)c[nH]c2c1. The molecule has 1 saturated heterocycles. The second-order valence-electron chi connectivity index (χ2n) is 6.63. The second kappa shape index (κ2) is 6.65. The molecule has 0 spiro atoms. The Labute approximate surface area is 140 Å². The molecule has 1 atom stereocenters. The molecule has 1 aliphatic rings. The average Bonchev–Trinajstić information content (AvgIpc) is 3.18. The van der Waals surface area contributed by atoms with Crippen molar-refractivity contribution in [2.45, 2.75) is 32.7 Å². The molecular weight excluding hydrogens is 306 g/mol. The highest BCUT2D eigenvalue weighted by atomic mass is 16.4. The number of H-pyrrole nitrogens is 1. The number of nitrogens with one attached hydrogen (secondary N) is 2. The number of carbonyl (C=O) groups excluding carboxylic acids is 1. The topological polar surface area (TPSA) is 85.4 Å². The largest absolute Gasteiger partial charge is 0.480 e. The number of carboxylic acid groups (broad SMARTS) is 1. The number of amides is 1. The fraction of sp³-hybridized carbons (Fsp3) is 0.444. The molecule has 0 radical (unpaired) electrons. The third-order valence-electron chi connectivity index (χ3n) is 4.54. The van der Waals surface area contributed by atoms with Crippen molar-refractivity contribution in [2.75, 3.05) is 18.4 Å². The van der Waals surface area contributed by atoms with Gasteiger partial charge in [0, 0.05) is 34.3 Å². The summed E-state index contributed by atoms with van der Waals surface area (Å²) in [5.41, 5.74) is 2.32. The van der Waals surface area contributed by atoms with E-state index in [9.17, 15) is 14.7 Å². The van der Waals surface area contributed by atoms with Crippen LogP contribution in [0.3, 0.4) is 0 Å². The van der Waals surface area contributed by atoms with E-state index in [2.05, 4.69) is 10.3 Å². The van der Waals surface area contributed by atoms with E-state index in [0.717, 1.165) is 42.4 Å². The number of aliphatic carboxylic acids is 1. The number of hydrogen-bond acceptors (Lipinski definition) is 3. The molecule has 24 heavy (non-hydrogen) atoms. The van der Waals surface area contributed by atoms with E-state index in [1.165, 1.54) is 0 Å². The normalized spacial score (nSPS) is 16.6. The van der Waals surface area contributed by atoms with Crippen LogP contribution in [0.4, 0.5) is 5.69 Å². The Kier molecular flexibility index (Phi) is 4.57. The van der Waals surface area contributed by atoms with Crippen LogP contribution < -0.4 is 5.32 Å². The van der Waals surface area contributed by atoms with E-state index in [4.69, 9.17) is 0 Å². The van der Waals surface area contributed by atoms with Crippen molar-refractivity contribution in [3.05, 3.63) is 30.0 Å². The Balaban J connectivity index is 1.92.